The van der Waals surface area contributed by atoms with Gasteiger partial charge in [0.2, 0.25) is 5.91 Å². The number of carbonyl (C=O) groups excluding carboxylic acids is 1. The molecule has 134 valence electrons. The molecule has 0 radical (unpaired) electrons. The lowest BCUT2D eigenvalue weighted by atomic mass is 9.97. The Bertz CT molecular complexity index is 653. The van der Waals surface area contributed by atoms with Gasteiger partial charge in [-0.3, -0.25) is 9.69 Å². The van der Waals surface area contributed by atoms with Crippen molar-refractivity contribution in [2.75, 3.05) is 25.4 Å². The zero-order valence-corrected chi connectivity index (χ0v) is 17.3. The number of rotatable bonds is 7. The van der Waals surface area contributed by atoms with Crippen molar-refractivity contribution in [2.24, 2.45) is 5.92 Å². The summed E-state index contributed by atoms with van der Waals surface area (Å²) in [6.07, 6.45) is 2.34. The third-order valence-corrected chi connectivity index (χ3v) is 6.84. The number of hydrogen-bond donors (Lipinski definition) is 1. The van der Waals surface area contributed by atoms with Crippen LogP contribution in [0.2, 0.25) is 0 Å². The summed E-state index contributed by atoms with van der Waals surface area (Å²) >= 11 is 6.84. The van der Waals surface area contributed by atoms with Crippen LogP contribution in [0.5, 0.6) is 0 Å². The number of piperidine rings is 1. The number of hydrogen-bond acceptors (Lipinski definition) is 4. The smallest absolute Gasteiger partial charge is 0.230 e. The summed E-state index contributed by atoms with van der Waals surface area (Å²) in [6.45, 7) is 4.14. The quantitative estimate of drug-likeness (QED) is 0.639. The molecule has 0 saturated carbocycles. The van der Waals surface area contributed by atoms with E-state index in [9.17, 15) is 4.79 Å². The Morgan fingerprint density at radius 1 is 1.24 bits per heavy atom. The minimum atomic E-state index is 0.133. The van der Waals surface area contributed by atoms with Crippen molar-refractivity contribution in [3.05, 3.63) is 51.1 Å². The van der Waals surface area contributed by atoms with Crippen LogP contribution in [0.15, 0.2) is 51.1 Å². The molecule has 0 bridgehead atoms. The summed E-state index contributed by atoms with van der Waals surface area (Å²) in [5.74, 6) is 1.23. The van der Waals surface area contributed by atoms with Crippen molar-refractivity contribution >= 4 is 44.9 Å². The molecule has 6 heteroatoms. The average Bonchev–Trinajstić information content (AvgIpc) is 3.14. The number of nitrogens with zero attached hydrogens (tertiary/aromatic N) is 1. The van der Waals surface area contributed by atoms with E-state index in [-0.39, 0.29) is 5.91 Å². The van der Waals surface area contributed by atoms with Crippen LogP contribution in [0.4, 0.5) is 0 Å². The summed E-state index contributed by atoms with van der Waals surface area (Å²) in [5.41, 5.74) is 0. The van der Waals surface area contributed by atoms with E-state index in [0.717, 1.165) is 35.5 Å². The Morgan fingerprint density at radius 2 is 2.00 bits per heavy atom. The van der Waals surface area contributed by atoms with Crippen LogP contribution in [0.25, 0.3) is 0 Å². The van der Waals surface area contributed by atoms with Crippen LogP contribution in [0.1, 0.15) is 17.7 Å². The molecule has 3 nitrogen and oxygen atoms in total. The van der Waals surface area contributed by atoms with Gasteiger partial charge in [0.1, 0.15) is 0 Å². The highest BCUT2D eigenvalue weighted by Gasteiger charge is 2.20. The molecule has 1 N–H and O–H groups in total. The van der Waals surface area contributed by atoms with E-state index < -0.39 is 0 Å². The van der Waals surface area contributed by atoms with Crippen molar-refractivity contribution in [1.82, 2.24) is 10.2 Å². The standard InChI is InChI=1S/C19H23BrN2OS2/c20-16-3-5-17(6-4-16)25-14-19(23)21-12-15-7-9-22(10-8-15)13-18-2-1-11-24-18/h1-6,11,15H,7-10,12-14H2,(H,21,23). The fraction of sp³-hybridized carbons (Fsp3) is 0.421. The van der Waals surface area contributed by atoms with Gasteiger partial charge in [0.25, 0.3) is 0 Å². The van der Waals surface area contributed by atoms with Crippen LogP contribution in [-0.4, -0.2) is 36.2 Å². The topological polar surface area (TPSA) is 32.3 Å². The zero-order valence-electron chi connectivity index (χ0n) is 14.1. The number of thioether (sulfide) groups is 1. The first kappa shape index (κ1) is 19.0. The Hall–Kier alpha value is -0.820. The Labute approximate surface area is 166 Å². The van der Waals surface area contributed by atoms with Gasteiger partial charge >= 0.3 is 0 Å². The fourth-order valence-electron chi connectivity index (χ4n) is 2.96. The van der Waals surface area contributed by atoms with Crippen LogP contribution in [-0.2, 0) is 11.3 Å². The van der Waals surface area contributed by atoms with Crippen LogP contribution in [0.3, 0.4) is 0 Å². The van der Waals surface area contributed by atoms with Crippen molar-refractivity contribution < 1.29 is 4.79 Å². The van der Waals surface area contributed by atoms with Gasteiger partial charge in [-0.2, -0.15) is 0 Å². The van der Waals surface area contributed by atoms with E-state index in [1.807, 2.05) is 35.6 Å². The Morgan fingerprint density at radius 3 is 2.68 bits per heavy atom. The lowest BCUT2D eigenvalue weighted by molar-refractivity contribution is -0.118. The highest BCUT2D eigenvalue weighted by Crippen LogP contribution is 2.21. The molecule has 0 unspecified atom stereocenters. The minimum Gasteiger partial charge on any atom is -0.355 e. The highest BCUT2D eigenvalue weighted by molar-refractivity contribution is 9.10. The molecule has 25 heavy (non-hydrogen) atoms. The maximum absolute atomic E-state index is 12.1. The average molecular weight is 439 g/mol. The van der Waals surface area contributed by atoms with Crippen LogP contribution >= 0.6 is 39.0 Å². The highest BCUT2D eigenvalue weighted by atomic mass is 79.9. The molecule has 0 spiro atoms. The summed E-state index contributed by atoms with van der Waals surface area (Å²) < 4.78 is 1.06. The second-order valence-electron chi connectivity index (χ2n) is 6.35. The predicted molar refractivity (Wildman–Crippen MR) is 110 cm³/mol. The molecule has 3 rings (SSSR count). The van der Waals surface area contributed by atoms with Gasteiger partial charge in [0, 0.05) is 27.3 Å². The van der Waals surface area contributed by atoms with Gasteiger partial charge in [-0.25, -0.2) is 0 Å². The normalized spacial score (nSPS) is 16.0. The maximum Gasteiger partial charge on any atom is 0.230 e. The lowest BCUT2D eigenvalue weighted by Crippen LogP contribution is -2.38. The van der Waals surface area contributed by atoms with Gasteiger partial charge in [-0.05, 0) is 67.6 Å². The molecule has 1 aliphatic heterocycles. The molecule has 1 fully saturated rings. The second-order valence-corrected chi connectivity index (χ2v) is 9.34. The number of carbonyl (C=O) groups is 1. The van der Waals surface area contributed by atoms with Gasteiger partial charge < -0.3 is 5.32 Å². The van der Waals surface area contributed by atoms with Gasteiger partial charge in [0.05, 0.1) is 5.75 Å². The predicted octanol–water partition coefficient (Wildman–Crippen LogP) is 4.63. The molecule has 1 amide bonds. The summed E-state index contributed by atoms with van der Waals surface area (Å²) in [5, 5.41) is 5.25. The molecule has 1 aromatic heterocycles. The van der Waals surface area contributed by atoms with E-state index in [1.165, 1.54) is 17.7 Å². The van der Waals surface area contributed by atoms with Crippen molar-refractivity contribution in [2.45, 2.75) is 24.3 Å². The summed E-state index contributed by atoms with van der Waals surface area (Å²) in [6, 6.07) is 12.4. The first-order chi connectivity index (χ1) is 12.2. The van der Waals surface area contributed by atoms with Crippen molar-refractivity contribution in [1.29, 1.82) is 0 Å². The number of thiophene rings is 1. The number of amides is 1. The van der Waals surface area contributed by atoms with Gasteiger partial charge in [-0.1, -0.05) is 22.0 Å². The number of likely N-dealkylation sites (tertiary alicyclic amines) is 1. The second kappa shape index (κ2) is 9.76. The van der Waals surface area contributed by atoms with E-state index >= 15 is 0 Å². The molecule has 1 saturated heterocycles. The third kappa shape index (κ3) is 6.44. The third-order valence-electron chi connectivity index (χ3n) is 4.44. The van der Waals surface area contributed by atoms with Crippen molar-refractivity contribution in [3.63, 3.8) is 0 Å². The van der Waals surface area contributed by atoms with E-state index in [4.69, 9.17) is 0 Å². The maximum atomic E-state index is 12.1. The molecule has 0 atom stereocenters. The van der Waals surface area contributed by atoms with Gasteiger partial charge in [0.15, 0.2) is 0 Å². The van der Waals surface area contributed by atoms with E-state index in [1.54, 1.807) is 11.8 Å². The monoisotopic (exact) mass is 438 g/mol. The molecule has 2 aromatic rings. The summed E-state index contributed by atoms with van der Waals surface area (Å²) in [4.78, 5) is 17.1. The zero-order chi connectivity index (χ0) is 17.5. The van der Waals surface area contributed by atoms with Crippen LogP contribution < -0.4 is 5.32 Å². The molecular formula is C19H23BrN2OS2. The lowest BCUT2D eigenvalue weighted by Gasteiger charge is -2.31. The summed E-state index contributed by atoms with van der Waals surface area (Å²) in [7, 11) is 0. The molecule has 2 heterocycles. The minimum absolute atomic E-state index is 0.133. The van der Waals surface area contributed by atoms with Gasteiger partial charge in [-0.15, -0.1) is 23.1 Å². The largest absolute Gasteiger partial charge is 0.355 e. The molecule has 1 aromatic carbocycles. The van der Waals surface area contributed by atoms with E-state index in [0.29, 0.717) is 11.7 Å². The molecule has 0 aliphatic carbocycles. The number of halogens is 1. The Kier molecular flexibility index (Phi) is 7.40. The first-order valence-corrected chi connectivity index (χ1v) is 11.2. The van der Waals surface area contributed by atoms with Crippen molar-refractivity contribution in [3.8, 4) is 0 Å². The van der Waals surface area contributed by atoms with Crippen LogP contribution in [0, 0.1) is 5.92 Å². The molecular weight excluding hydrogens is 416 g/mol. The first-order valence-electron chi connectivity index (χ1n) is 8.59. The fourth-order valence-corrected chi connectivity index (χ4v) is 4.70. The number of benzene rings is 1. The van der Waals surface area contributed by atoms with E-state index in [2.05, 4.69) is 43.7 Å². The number of nitrogens with one attached hydrogen (secondary N) is 1. The molecule has 1 aliphatic rings. The Balaban J connectivity index is 1.31. The SMILES string of the molecule is O=C(CSc1ccc(Br)cc1)NCC1CCN(Cc2cccs2)CC1.